The van der Waals surface area contributed by atoms with Crippen LogP contribution in [0.5, 0.6) is 0 Å². The molecule has 0 unspecified atom stereocenters. The molecular weight excluding hydrogens is 380 g/mol. The number of aromatic carboxylic acids is 1. The molecule has 4 heteroatoms. The second kappa shape index (κ2) is 8.83. The van der Waals surface area contributed by atoms with Gasteiger partial charge in [0.2, 0.25) is 0 Å². The average Bonchev–Trinajstić information content (AvgIpc) is 3.04. The maximum absolute atomic E-state index is 12.3. The summed E-state index contributed by atoms with van der Waals surface area (Å²) in [6.07, 6.45) is 3.13. The van der Waals surface area contributed by atoms with Crippen molar-refractivity contribution < 1.29 is 14.7 Å². The molecular formula is C25H34O3S. The molecule has 0 aliphatic heterocycles. The molecule has 29 heavy (non-hydrogen) atoms. The number of Topliss-reactive ketones (excluding diaryl/α,β-unsaturated/α-hetero) is 1. The maximum atomic E-state index is 12.3. The summed E-state index contributed by atoms with van der Waals surface area (Å²) in [4.78, 5) is 25.4. The summed E-state index contributed by atoms with van der Waals surface area (Å²) in [5.74, 6) is -0.567. The van der Waals surface area contributed by atoms with Crippen LogP contribution in [0.2, 0.25) is 0 Å². The van der Waals surface area contributed by atoms with E-state index >= 15 is 0 Å². The van der Waals surface area contributed by atoms with Gasteiger partial charge >= 0.3 is 5.97 Å². The van der Waals surface area contributed by atoms with Crippen LogP contribution in [0, 0.1) is 19.3 Å². The number of aryl methyl sites for hydroxylation is 3. The van der Waals surface area contributed by atoms with E-state index in [-0.39, 0.29) is 16.6 Å². The highest BCUT2D eigenvalue weighted by Crippen LogP contribution is 2.43. The average molecular weight is 415 g/mol. The van der Waals surface area contributed by atoms with Gasteiger partial charge in [0.05, 0.1) is 0 Å². The van der Waals surface area contributed by atoms with E-state index in [1.807, 2.05) is 33.8 Å². The van der Waals surface area contributed by atoms with Crippen molar-refractivity contribution in [2.45, 2.75) is 79.6 Å². The quantitative estimate of drug-likeness (QED) is 0.522. The molecule has 158 valence electrons. The highest BCUT2D eigenvalue weighted by molar-refractivity contribution is 7.14. The van der Waals surface area contributed by atoms with Gasteiger partial charge in [-0.2, -0.15) is 0 Å². The Labute approximate surface area is 179 Å². The van der Waals surface area contributed by atoms with Crippen molar-refractivity contribution in [1.29, 1.82) is 0 Å². The van der Waals surface area contributed by atoms with E-state index in [4.69, 9.17) is 0 Å². The zero-order valence-electron chi connectivity index (χ0n) is 18.8. The molecule has 3 nitrogen and oxygen atoms in total. The Balaban J connectivity index is 2.39. The van der Waals surface area contributed by atoms with Gasteiger partial charge in [-0.05, 0) is 61.4 Å². The summed E-state index contributed by atoms with van der Waals surface area (Å²) < 4.78 is 0. The highest BCUT2D eigenvalue weighted by atomic mass is 32.1. The standard InChI is InChI=1S/C25H34O3S/c1-8-25(9-2,21-15-17(4)22(29-21)23(27)28)19-12-10-18(16(3)14-19)11-13-20(26)24(5,6)7/h10,12,14-15H,8-9,11,13H2,1-7H3,(H,27,28). The molecule has 0 saturated heterocycles. The number of hydrogen-bond donors (Lipinski definition) is 1. The van der Waals surface area contributed by atoms with E-state index in [1.54, 1.807) is 0 Å². The first kappa shape index (κ1) is 23.3. The van der Waals surface area contributed by atoms with Gasteiger partial charge in [0.15, 0.2) is 0 Å². The van der Waals surface area contributed by atoms with Crippen LogP contribution in [0.4, 0.5) is 0 Å². The minimum atomic E-state index is -0.852. The van der Waals surface area contributed by atoms with Gasteiger partial charge in [-0.25, -0.2) is 4.79 Å². The van der Waals surface area contributed by atoms with Crippen LogP contribution in [0.3, 0.4) is 0 Å². The summed E-state index contributed by atoms with van der Waals surface area (Å²) in [7, 11) is 0. The smallest absolute Gasteiger partial charge is 0.346 e. The van der Waals surface area contributed by atoms with Crippen molar-refractivity contribution in [3.05, 3.63) is 56.3 Å². The van der Waals surface area contributed by atoms with E-state index in [1.165, 1.54) is 28.0 Å². The summed E-state index contributed by atoms with van der Waals surface area (Å²) in [5, 5.41) is 9.49. The SMILES string of the molecule is CCC(CC)(c1ccc(CCC(=O)C(C)(C)C)c(C)c1)c1cc(C)c(C(=O)O)s1. The molecule has 0 aliphatic carbocycles. The van der Waals surface area contributed by atoms with Crippen LogP contribution in [0.25, 0.3) is 0 Å². The van der Waals surface area contributed by atoms with Gasteiger partial charge in [0.1, 0.15) is 10.7 Å². The Morgan fingerprint density at radius 3 is 2.07 bits per heavy atom. The monoisotopic (exact) mass is 414 g/mol. The first-order chi connectivity index (χ1) is 13.5. The normalized spacial score (nSPS) is 12.2. The van der Waals surface area contributed by atoms with Crippen molar-refractivity contribution in [1.82, 2.24) is 0 Å². The predicted molar refractivity (Wildman–Crippen MR) is 121 cm³/mol. The first-order valence-corrected chi connectivity index (χ1v) is 11.3. The van der Waals surface area contributed by atoms with Gasteiger partial charge in [0.25, 0.3) is 0 Å². The molecule has 1 aromatic carbocycles. The molecule has 0 atom stereocenters. The molecule has 0 bridgehead atoms. The second-order valence-electron chi connectivity index (χ2n) is 9.03. The third-order valence-corrected chi connectivity index (χ3v) is 7.57. The number of carboxylic acids is 1. The largest absolute Gasteiger partial charge is 0.477 e. The topological polar surface area (TPSA) is 54.4 Å². The van der Waals surface area contributed by atoms with Crippen LogP contribution in [-0.4, -0.2) is 16.9 Å². The summed E-state index contributed by atoms with van der Waals surface area (Å²) in [5.41, 5.74) is 3.98. The summed E-state index contributed by atoms with van der Waals surface area (Å²) >= 11 is 1.40. The molecule has 2 aromatic rings. The predicted octanol–water partition coefficient (Wildman–Crippen LogP) is 6.72. The number of benzene rings is 1. The van der Waals surface area contributed by atoms with Crippen LogP contribution in [0.15, 0.2) is 24.3 Å². The number of carbonyl (C=O) groups excluding carboxylic acids is 1. The van der Waals surface area contributed by atoms with E-state index in [0.717, 1.165) is 29.7 Å². The lowest BCUT2D eigenvalue weighted by Crippen LogP contribution is -2.25. The first-order valence-electron chi connectivity index (χ1n) is 10.4. The Morgan fingerprint density at radius 2 is 1.62 bits per heavy atom. The van der Waals surface area contributed by atoms with E-state index in [2.05, 4.69) is 39.0 Å². The van der Waals surface area contributed by atoms with Crippen molar-refractivity contribution in [3.63, 3.8) is 0 Å². The number of rotatable bonds is 8. The van der Waals surface area contributed by atoms with Gasteiger partial charge in [-0.15, -0.1) is 11.3 Å². The molecule has 0 saturated carbocycles. The fourth-order valence-corrected chi connectivity index (χ4v) is 5.34. The molecule has 0 amide bonds. The van der Waals surface area contributed by atoms with E-state index in [0.29, 0.717) is 11.3 Å². The zero-order chi connectivity index (χ0) is 22.0. The van der Waals surface area contributed by atoms with E-state index < -0.39 is 5.97 Å². The lowest BCUT2D eigenvalue weighted by Gasteiger charge is -2.32. The fraction of sp³-hybridized carbons (Fsp3) is 0.520. The molecule has 2 rings (SSSR count). The lowest BCUT2D eigenvalue weighted by molar-refractivity contribution is -0.126. The third kappa shape index (κ3) is 4.80. The molecule has 0 aliphatic rings. The number of carbonyl (C=O) groups is 2. The van der Waals surface area contributed by atoms with Crippen molar-refractivity contribution in [3.8, 4) is 0 Å². The Kier molecular flexibility index (Phi) is 7.10. The van der Waals surface area contributed by atoms with Crippen molar-refractivity contribution in [2.75, 3.05) is 0 Å². The summed E-state index contributed by atoms with van der Waals surface area (Å²) in [6.45, 7) is 14.2. The summed E-state index contributed by atoms with van der Waals surface area (Å²) in [6, 6.07) is 8.61. The lowest BCUT2D eigenvalue weighted by atomic mass is 9.73. The molecule has 0 spiro atoms. The second-order valence-corrected chi connectivity index (χ2v) is 10.1. The van der Waals surface area contributed by atoms with Gasteiger partial charge in [0, 0.05) is 22.1 Å². The maximum Gasteiger partial charge on any atom is 0.346 e. The van der Waals surface area contributed by atoms with Crippen LogP contribution < -0.4 is 0 Å². The Morgan fingerprint density at radius 1 is 1.00 bits per heavy atom. The number of hydrogen-bond acceptors (Lipinski definition) is 3. The van der Waals surface area contributed by atoms with Crippen LogP contribution in [-0.2, 0) is 16.6 Å². The van der Waals surface area contributed by atoms with Crippen LogP contribution >= 0.6 is 11.3 Å². The minimum Gasteiger partial charge on any atom is -0.477 e. The Hall–Kier alpha value is -1.94. The third-order valence-electron chi connectivity index (χ3n) is 6.14. The number of thiophene rings is 1. The van der Waals surface area contributed by atoms with Gasteiger partial charge < -0.3 is 5.11 Å². The minimum absolute atomic E-state index is 0.187. The molecule has 1 N–H and O–H groups in total. The van der Waals surface area contributed by atoms with Gasteiger partial charge in [-0.1, -0.05) is 52.8 Å². The van der Waals surface area contributed by atoms with Crippen LogP contribution in [0.1, 0.15) is 90.7 Å². The van der Waals surface area contributed by atoms with Gasteiger partial charge in [-0.3, -0.25) is 4.79 Å². The molecule has 0 radical (unpaired) electrons. The molecule has 1 heterocycles. The van der Waals surface area contributed by atoms with Crippen molar-refractivity contribution in [2.24, 2.45) is 5.41 Å². The van der Waals surface area contributed by atoms with E-state index in [9.17, 15) is 14.7 Å². The fourth-order valence-electron chi connectivity index (χ4n) is 3.98. The Bertz CT molecular complexity index is 895. The molecule has 1 aromatic heterocycles. The number of carboxylic acid groups (broad SMARTS) is 1. The van der Waals surface area contributed by atoms with Crippen molar-refractivity contribution >= 4 is 23.1 Å². The highest BCUT2D eigenvalue weighted by Gasteiger charge is 2.34. The molecule has 0 fully saturated rings. The number of ketones is 1. The zero-order valence-corrected chi connectivity index (χ0v) is 19.6.